The summed E-state index contributed by atoms with van der Waals surface area (Å²) in [4.78, 5) is 41.8. The maximum atomic E-state index is 11.3. The second-order valence-electron chi connectivity index (χ2n) is 2.88. The van der Waals surface area contributed by atoms with Gasteiger partial charge in [0.2, 0.25) is 12.3 Å². The molecule has 90 valence electrons. The first-order valence-electron chi connectivity index (χ1n) is 4.38. The van der Waals surface area contributed by atoms with E-state index in [4.69, 9.17) is 10.2 Å². The number of amides is 2. The lowest BCUT2D eigenvalue weighted by atomic mass is 10.1. The summed E-state index contributed by atoms with van der Waals surface area (Å²) >= 11 is 0. The van der Waals surface area contributed by atoms with E-state index in [2.05, 4.69) is 5.32 Å². The van der Waals surface area contributed by atoms with Crippen molar-refractivity contribution in [2.24, 2.45) is 0 Å². The Bertz CT molecular complexity index is 290. The molecule has 0 aliphatic carbocycles. The molecular weight excluding hydrogens is 220 g/mol. The normalized spacial score (nSPS) is 11.2. The van der Waals surface area contributed by atoms with Gasteiger partial charge < -0.3 is 20.8 Å². The monoisotopic (exact) mass is 232 g/mol. The number of carbonyl (C=O) groups is 4. The smallest absolute Gasteiger partial charge is 0.322 e. The number of carbonyl (C=O) groups excluding carboxylic acids is 2. The van der Waals surface area contributed by atoms with E-state index < -0.39 is 30.4 Å². The van der Waals surface area contributed by atoms with Crippen molar-refractivity contribution in [2.75, 3.05) is 6.54 Å². The van der Waals surface area contributed by atoms with Crippen LogP contribution in [0.2, 0.25) is 0 Å². The Kier molecular flexibility index (Phi) is 6.25. The maximum absolute atomic E-state index is 11.3. The van der Waals surface area contributed by atoms with Gasteiger partial charge in [-0.3, -0.25) is 19.2 Å². The minimum absolute atomic E-state index is 0.0977. The molecule has 0 aromatic heterocycles. The quantitative estimate of drug-likeness (QED) is 0.364. The van der Waals surface area contributed by atoms with Crippen LogP contribution in [-0.2, 0) is 19.2 Å². The molecule has 0 bridgehead atoms. The van der Waals surface area contributed by atoms with E-state index in [1.165, 1.54) is 0 Å². The van der Waals surface area contributed by atoms with Crippen molar-refractivity contribution >= 4 is 24.3 Å². The molecule has 0 spiro atoms. The molecule has 16 heavy (non-hydrogen) atoms. The average molecular weight is 232 g/mol. The average Bonchev–Trinajstić information content (AvgIpc) is 2.20. The summed E-state index contributed by atoms with van der Waals surface area (Å²) in [5, 5.41) is 20.8. The van der Waals surface area contributed by atoms with Crippen LogP contribution in [-0.4, -0.2) is 47.1 Å². The lowest BCUT2D eigenvalue weighted by molar-refractivity contribution is -0.139. The van der Waals surface area contributed by atoms with E-state index in [1.807, 2.05) is 5.32 Å². The molecule has 0 rings (SSSR count). The van der Waals surface area contributed by atoms with Gasteiger partial charge in [0.25, 0.3) is 0 Å². The van der Waals surface area contributed by atoms with Gasteiger partial charge in [0.05, 0.1) is 0 Å². The molecular formula is C8H12N2O6. The van der Waals surface area contributed by atoms with E-state index >= 15 is 0 Å². The van der Waals surface area contributed by atoms with Gasteiger partial charge in [-0.05, 0) is 6.42 Å². The predicted octanol–water partition coefficient (Wildman–Crippen LogP) is -1.83. The van der Waals surface area contributed by atoms with Crippen LogP contribution in [0.4, 0.5) is 0 Å². The van der Waals surface area contributed by atoms with Crippen molar-refractivity contribution in [3.05, 3.63) is 0 Å². The molecule has 0 heterocycles. The zero-order valence-electron chi connectivity index (χ0n) is 8.30. The second-order valence-corrected chi connectivity index (χ2v) is 2.88. The van der Waals surface area contributed by atoms with Gasteiger partial charge in [0, 0.05) is 6.42 Å². The van der Waals surface area contributed by atoms with Gasteiger partial charge in [0.1, 0.15) is 12.6 Å². The van der Waals surface area contributed by atoms with Crippen LogP contribution in [0.1, 0.15) is 12.8 Å². The Hall–Kier alpha value is -2.12. The van der Waals surface area contributed by atoms with Crippen molar-refractivity contribution < 1.29 is 29.4 Å². The van der Waals surface area contributed by atoms with Crippen LogP contribution in [0.15, 0.2) is 0 Å². The van der Waals surface area contributed by atoms with Crippen molar-refractivity contribution in [3.8, 4) is 0 Å². The first-order valence-corrected chi connectivity index (χ1v) is 4.38. The van der Waals surface area contributed by atoms with Crippen LogP contribution < -0.4 is 10.6 Å². The first kappa shape index (κ1) is 13.9. The molecule has 0 saturated heterocycles. The molecule has 1 atom stereocenters. The zero-order chi connectivity index (χ0) is 12.6. The highest BCUT2D eigenvalue weighted by Crippen LogP contribution is 1.97. The number of carboxylic acid groups (broad SMARTS) is 2. The van der Waals surface area contributed by atoms with Crippen molar-refractivity contribution in [1.29, 1.82) is 0 Å². The molecule has 8 nitrogen and oxygen atoms in total. The van der Waals surface area contributed by atoms with Crippen LogP contribution in [0.25, 0.3) is 0 Å². The first-order chi connectivity index (χ1) is 7.47. The van der Waals surface area contributed by atoms with Gasteiger partial charge in [-0.15, -0.1) is 0 Å². The third-order valence-electron chi connectivity index (χ3n) is 1.65. The number of hydrogen-bond donors (Lipinski definition) is 4. The minimum Gasteiger partial charge on any atom is -0.481 e. The van der Waals surface area contributed by atoms with Gasteiger partial charge in [0.15, 0.2) is 0 Å². The number of carboxylic acids is 2. The number of rotatable bonds is 8. The highest BCUT2D eigenvalue weighted by molar-refractivity contribution is 5.86. The largest absolute Gasteiger partial charge is 0.481 e. The predicted molar refractivity (Wildman–Crippen MR) is 50.5 cm³/mol. The van der Waals surface area contributed by atoms with Crippen molar-refractivity contribution in [2.45, 2.75) is 18.9 Å². The van der Waals surface area contributed by atoms with Gasteiger partial charge >= 0.3 is 11.9 Å². The fraction of sp³-hybridized carbons (Fsp3) is 0.500. The summed E-state index contributed by atoms with van der Waals surface area (Å²) in [6.45, 7) is -0.580. The van der Waals surface area contributed by atoms with Crippen LogP contribution in [0.5, 0.6) is 0 Å². The fourth-order valence-corrected chi connectivity index (χ4v) is 0.926. The van der Waals surface area contributed by atoms with Crippen molar-refractivity contribution in [1.82, 2.24) is 10.6 Å². The molecule has 4 N–H and O–H groups in total. The SMILES string of the molecule is O=CNC(CCC(=O)O)C(=O)NCC(=O)O. The molecule has 0 fully saturated rings. The van der Waals surface area contributed by atoms with E-state index in [0.29, 0.717) is 0 Å². The molecule has 2 amide bonds. The summed E-state index contributed by atoms with van der Waals surface area (Å²) in [7, 11) is 0. The fourth-order valence-electron chi connectivity index (χ4n) is 0.926. The zero-order valence-corrected chi connectivity index (χ0v) is 8.30. The van der Waals surface area contributed by atoms with E-state index in [-0.39, 0.29) is 19.3 Å². The van der Waals surface area contributed by atoms with E-state index in [0.717, 1.165) is 0 Å². The highest BCUT2D eigenvalue weighted by atomic mass is 16.4. The van der Waals surface area contributed by atoms with E-state index in [1.54, 1.807) is 0 Å². The molecule has 0 aromatic carbocycles. The molecule has 1 unspecified atom stereocenters. The standard InChI is InChI=1S/C8H12N2O6/c11-4-10-5(1-2-6(12)13)8(16)9-3-7(14)15/h4-5H,1-3H2,(H,9,16)(H,10,11)(H,12,13)(H,14,15). The highest BCUT2D eigenvalue weighted by Gasteiger charge is 2.18. The summed E-state index contributed by atoms with van der Waals surface area (Å²) in [5.74, 6) is -3.06. The van der Waals surface area contributed by atoms with Gasteiger partial charge in [-0.25, -0.2) is 0 Å². The van der Waals surface area contributed by atoms with Crippen LogP contribution in [0.3, 0.4) is 0 Å². The summed E-state index contributed by atoms with van der Waals surface area (Å²) in [6.07, 6.45) is -0.140. The molecule has 0 saturated carbocycles. The summed E-state index contributed by atoms with van der Waals surface area (Å²) in [5.41, 5.74) is 0. The Morgan fingerprint density at radius 1 is 1.19 bits per heavy atom. The number of hydrogen-bond acceptors (Lipinski definition) is 4. The Labute approximate surface area is 90.6 Å². The topological polar surface area (TPSA) is 133 Å². The summed E-state index contributed by atoms with van der Waals surface area (Å²) in [6, 6.07) is -1.03. The second kappa shape index (κ2) is 7.21. The van der Waals surface area contributed by atoms with E-state index in [9.17, 15) is 19.2 Å². The lowest BCUT2D eigenvalue weighted by Gasteiger charge is -2.13. The molecule has 8 heteroatoms. The lowest BCUT2D eigenvalue weighted by Crippen LogP contribution is -2.45. The summed E-state index contributed by atoms with van der Waals surface area (Å²) < 4.78 is 0. The number of aliphatic carboxylic acids is 2. The molecule has 0 radical (unpaired) electrons. The third-order valence-corrected chi connectivity index (χ3v) is 1.65. The molecule has 0 aliphatic rings. The maximum Gasteiger partial charge on any atom is 0.322 e. The third kappa shape index (κ3) is 6.35. The Morgan fingerprint density at radius 3 is 2.25 bits per heavy atom. The van der Waals surface area contributed by atoms with Crippen LogP contribution >= 0.6 is 0 Å². The van der Waals surface area contributed by atoms with Gasteiger partial charge in [-0.1, -0.05) is 0 Å². The minimum atomic E-state index is -1.23. The molecule has 0 aliphatic heterocycles. The molecule has 0 aromatic rings. The Morgan fingerprint density at radius 2 is 1.81 bits per heavy atom. The Balaban J connectivity index is 4.16. The van der Waals surface area contributed by atoms with Gasteiger partial charge in [-0.2, -0.15) is 0 Å². The van der Waals surface area contributed by atoms with Crippen molar-refractivity contribution in [3.63, 3.8) is 0 Å². The van der Waals surface area contributed by atoms with Crippen LogP contribution in [0, 0.1) is 0 Å². The number of nitrogens with one attached hydrogen (secondary N) is 2.